The zero-order chi connectivity index (χ0) is 13.8. The minimum atomic E-state index is -0.995. The number of carboxylic acids is 1. The van der Waals surface area contributed by atoms with Crippen LogP contribution in [-0.4, -0.2) is 28.2 Å². The van der Waals surface area contributed by atoms with Crippen LogP contribution in [0.3, 0.4) is 0 Å². The third kappa shape index (κ3) is 3.13. The first-order valence-corrected chi connectivity index (χ1v) is 6.02. The summed E-state index contributed by atoms with van der Waals surface area (Å²) >= 11 is 0. The molecule has 5 heteroatoms. The predicted molar refractivity (Wildman–Crippen MR) is 70.7 cm³/mol. The maximum absolute atomic E-state index is 11.0. The van der Waals surface area contributed by atoms with Crippen LogP contribution in [0.2, 0.25) is 0 Å². The Morgan fingerprint density at radius 3 is 2.89 bits per heavy atom. The normalized spacial score (nSPS) is 10.4. The molecule has 2 rings (SSSR count). The molecule has 5 nitrogen and oxygen atoms in total. The number of hydrogen-bond donors (Lipinski definition) is 2. The van der Waals surface area contributed by atoms with Gasteiger partial charge >= 0.3 is 5.97 Å². The van der Waals surface area contributed by atoms with Gasteiger partial charge in [-0.05, 0) is 37.5 Å². The molecule has 1 heterocycles. The van der Waals surface area contributed by atoms with Crippen molar-refractivity contribution in [2.24, 2.45) is 0 Å². The van der Waals surface area contributed by atoms with Gasteiger partial charge in [-0.2, -0.15) is 0 Å². The van der Waals surface area contributed by atoms with E-state index in [0.29, 0.717) is 17.9 Å². The van der Waals surface area contributed by atoms with Gasteiger partial charge in [0.25, 0.3) is 0 Å². The largest absolute Gasteiger partial charge is 0.497 e. The Morgan fingerprint density at radius 2 is 2.21 bits per heavy atom. The van der Waals surface area contributed by atoms with Crippen molar-refractivity contribution in [3.8, 4) is 5.75 Å². The molecule has 0 bridgehead atoms. The van der Waals surface area contributed by atoms with Crippen molar-refractivity contribution in [3.63, 3.8) is 0 Å². The van der Waals surface area contributed by atoms with Crippen LogP contribution < -0.4 is 4.74 Å². The number of aromatic nitrogens is 2. The van der Waals surface area contributed by atoms with Crippen molar-refractivity contribution < 1.29 is 14.6 Å². The Kier molecular flexibility index (Phi) is 3.85. The molecule has 1 aromatic heterocycles. The van der Waals surface area contributed by atoms with E-state index in [1.54, 1.807) is 14.0 Å². The Morgan fingerprint density at radius 1 is 1.42 bits per heavy atom. The van der Waals surface area contributed by atoms with Gasteiger partial charge in [-0.15, -0.1) is 0 Å². The topological polar surface area (TPSA) is 75.2 Å². The summed E-state index contributed by atoms with van der Waals surface area (Å²) in [5, 5.41) is 9.06. The Labute approximate surface area is 111 Å². The summed E-state index contributed by atoms with van der Waals surface area (Å²) in [4.78, 5) is 18.0. The fourth-order valence-corrected chi connectivity index (χ4v) is 2.00. The number of ether oxygens (including phenoxy) is 1. The molecule has 0 radical (unpaired) electrons. The highest BCUT2D eigenvalue weighted by Crippen LogP contribution is 2.15. The second kappa shape index (κ2) is 5.56. The van der Waals surface area contributed by atoms with Gasteiger partial charge < -0.3 is 14.8 Å². The molecule has 0 aliphatic carbocycles. The van der Waals surface area contributed by atoms with E-state index in [-0.39, 0.29) is 5.69 Å². The fourth-order valence-electron chi connectivity index (χ4n) is 2.00. The van der Waals surface area contributed by atoms with E-state index >= 15 is 0 Å². The molecular formula is C14H16N2O3. The first kappa shape index (κ1) is 13.1. The molecule has 0 spiro atoms. The fraction of sp³-hybridized carbons (Fsp3) is 0.286. The molecule has 100 valence electrons. The lowest BCUT2D eigenvalue weighted by Crippen LogP contribution is -2.03. The number of hydrogen-bond acceptors (Lipinski definition) is 3. The third-order valence-corrected chi connectivity index (χ3v) is 2.90. The molecule has 0 aliphatic rings. The van der Waals surface area contributed by atoms with Crippen molar-refractivity contribution in [3.05, 3.63) is 47.0 Å². The average molecular weight is 260 g/mol. The number of benzene rings is 1. The van der Waals surface area contributed by atoms with Gasteiger partial charge in [-0.25, -0.2) is 9.78 Å². The summed E-state index contributed by atoms with van der Waals surface area (Å²) in [5.41, 5.74) is 1.87. The highest BCUT2D eigenvalue weighted by molar-refractivity contribution is 5.86. The van der Waals surface area contributed by atoms with Gasteiger partial charge in [0.05, 0.1) is 7.11 Å². The van der Waals surface area contributed by atoms with Gasteiger partial charge in [-0.1, -0.05) is 12.1 Å². The number of imidazole rings is 1. The van der Waals surface area contributed by atoms with E-state index in [2.05, 4.69) is 9.97 Å². The monoisotopic (exact) mass is 260 g/mol. The molecule has 0 saturated heterocycles. The first-order valence-electron chi connectivity index (χ1n) is 6.02. The smallest absolute Gasteiger partial charge is 0.356 e. The summed E-state index contributed by atoms with van der Waals surface area (Å²) in [7, 11) is 1.62. The van der Waals surface area contributed by atoms with Crippen LogP contribution in [-0.2, 0) is 12.8 Å². The summed E-state index contributed by atoms with van der Waals surface area (Å²) in [6, 6.07) is 7.74. The maximum Gasteiger partial charge on any atom is 0.356 e. The molecule has 0 amide bonds. The molecule has 19 heavy (non-hydrogen) atoms. The molecule has 0 fully saturated rings. The van der Waals surface area contributed by atoms with Crippen molar-refractivity contribution >= 4 is 5.97 Å². The molecule has 0 aliphatic heterocycles. The number of H-pyrrole nitrogens is 1. The van der Waals surface area contributed by atoms with Crippen molar-refractivity contribution in [1.82, 2.24) is 9.97 Å². The van der Waals surface area contributed by atoms with Crippen molar-refractivity contribution in [2.75, 3.05) is 7.11 Å². The van der Waals surface area contributed by atoms with Gasteiger partial charge in [0.15, 0.2) is 5.69 Å². The van der Waals surface area contributed by atoms with E-state index in [9.17, 15) is 4.79 Å². The lowest BCUT2D eigenvalue weighted by Gasteiger charge is -2.04. The number of aromatic amines is 1. The second-order valence-electron chi connectivity index (χ2n) is 4.31. The first-order chi connectivity index (χ1) is 9.10. The van der Waals surface area contributed by atoms with Crippen LogP contribution in [0.1, 0.15) is 27.6 Å². The number of carbonyl (C=O) groups is 1. The Balaban J connectivity index is 2.11. The maximum atomic E-state index is 11.0. The van der Waals surface area contributed by atoms with Crippen molar-refractivity contribution in [1.29, 1.82) is 0 Å². The number of rotatable bonds is 5. The van der Waals surface area contributed by atoms with Crippen molar-refractivity contribution in [2.45, 2.75) is 19.8 Å². The van der Waals surface area contributed by atoms with E-state index in [1.807, 2.05) is 24.3 Å². The van der Waals surface area contributed by atoms with E-state index in [0.717, 1.165) is 17.7 Å². The highest BCUT2D eigenvalue weighted by atomic mass is 16.5. The Hall–Kier alpha value is -2.30. The van der Waals surface area contributed by atoms with Crippen LogP contribution in [0.5, 0.6) is 5.75 Å². The number of methoxy groups -OCH3 is 1. The summed E-state index contributed by atoms with van der Waals surface area (Å²) in [5.74, 6) is 0.430. The molecular weight excluding hydrogens is 244 g/mol. The minimum absolute atomic E-state index is 0.111. The number of aromatic carboxylic acids is 1. The lowest BCUT2D eigenvalue weighted by molar-refractivity contribution is 0.0689. The zero-order valence-electron chi connectivity index (χ0n) is 10.9. The number of nitrogens with one attached hydrogen (secondary N) is 1. The quantitative estimate of drug-likeness (QED) is 0.864. The Bertz CT molecular complexity index is 590. The van der Waals surface area contributed by atoms with Gasteiger partial charge in [0.2, 0.25) is 0 Å². The number of nitrogens with zero attached hydrogens (tertiary/aromatic N) is 1. The van der Waals surface area contributed by atoms with E-state index in [4.69, 9.17) is 9.84 Å². The second-order valence-corrected chi connectivity index (χ2v) is 4.31. The molecule has 0 unspecified atom stereocenters. The standard InChI is InChI=1S/C14H16N2O3/c1-9-15-12(13(16-9)14(17)18)7-6-10-4-3-5-11(8-10)19-2/h3-5,8H,6-7H2,1-2H3,(H,15,16)(H,17,18). The van der Waals surface area contributed by atoms with E-state index in [1.165, 1.54) is 0 Å². The molecule has 2 aromatic rings. The number of aryl methyl sites for hydroxylation is 3. The third-order valence-electron chi connectivity index (χ3n) is 2.90. The molecule has 0 atom stereocenters. The summed E-state index contributed by atoms with van der Waals surface area (Å²) in [6.07, 6.45) is 1.34. The van der Waals surface area contributed by atoms with Gasteiger partial charge in [0, 0.05) is 5.69 Å². The van der Waals surface area contributed by atoms with Crippen LogP contribution in [0.15, 0.2) is 24.3 Å². The molecule has 0 saturated carbocycles. The van der Waals surface area contributed by atoms with E-state index < -0.39 is 5.97 Å². The summed E-state index contributed by atoms with van der Waals surface area (Å²) < 4.78 is 5.16. The average Bonchev–Trinajstić information content (AvgIpc) is 2.78. The number of carboxylic acid groups (broad SMARTS) is 1. The predicted octanol–water partition coefficient (Wildman–Crippen LogP) is 2.21. The van der Waals surface area contributed by atoms with Gasteiger partial charge in [-0.3, -0.25) is 0 Å². The SMILES string of the molecule is COc1cccc(CCc2[nH]c(C)nc2C(=O)O)c1. The van der Waals surface area contributed by atoms with Crippen LogP contribution in [0, 0.1) is 6.92 Å². The zero-order valence-corrected chi connectivity index (χ0v) is 10.9. The highest BCUT2D eigenvalue weighted by Gasteiger charge is 2.14. The van der Waals surface area contributed by atoms with Crippen LogP contribution >= 0.6 is 0 Å². The van der Waals surface area contributed by atoms with Gasteiger partial charge in [0.1, 0.15) is 11.6 Å². The van der Waals surface area contributed by atoms with Crippen LogP contribution in [0.25, 0.3) is 0 Å². The lowest BCUT2D eigenvalue weighted by atomic mass is 10.1. The summed E-state index contributed by atoms with van der Waals surface area (Å²) in [6.45, 7) is 1.75. The van der Waals surface area contributed by atoms with Crippen LogP contribution in [0.4, 0.5) is 0 Å². The molecule has 1 aromatic carbocycles. The minimum Gasteiger partial charge on any atom is -0.497 e. The molecule has 2 N–H and O–H groups in total.